The van der Waals surface area contributed by atoms with Gasteiger partial charge in [0.25, 0.3) is 0 Å². The molecular formula is C18H30N2O2. The summed E-state index contributed by atoms with van der Waals surface area (Å²) in [5.41, 5.74) is 0. The maximum atomic E-state index is 12.8. The first-order valence-electron chi connectivity index (χ1n) is 9.42. The standard InChI is InChI=1S/C18H30N2O2/c21-18(15-4-2-1-3-5-15)20-12-16-11-19(10-14-6-7-14)8-9-22-17(16)13-20/h14-17H,1-13H2/t16-,17+/m0/s1. The lowest BCUT2D eigenvalue weighted by atomic mass is 9.88. The van der Waals surface area contributed by atoms with Gasteiger partial charge in [0.15, 0.2) is 0 Å². The van der Waals surface area contributed by atoms with E-state index in [9.17, 15) is 4.79 Å². The van der Waals surface area contributed by atoms with Gasteiger partial charge in [0.2, 0.25) is 5.91 Å². The van der Waals surface area contributed by atoms with Crippen molar-refractivity contribution in [3.8, 4) is 0 Å². The molecule has 0 radical (unpaired) electrons. The van der Waals surface area contributed by atoms with Crippen molar-refractivity contribution in [3.63, 3.8) is 0 Å². The summed E-state index contributed by atoms with van der Waals surface area (Å²) in [6, 6.07) is 0. The van der Waals surface area contributed by atoms with E-state index < -0.39 is 0 Å². The molecule has 2 aliphatic heterocycles. The fourth-order valence-corrected chi connectivity index (χ4v) is 4.58. The van der Waals surface area contributed by atoms with Crippen LogP contribution in [0.5, 0.6) is 0 Å². The van der Waals surface area contributed by atoms with Gasteiger partial charge in [0.1, 0.15) is 0 Å². The van der Waals surface area contributed by atoms with Crippen LogP contribution in [0.1, 0.15) is 44.9 Å². The Morgan fingerprint density at radius 2 is 1.82 bits per heavy atom. The smallest absolute Gasteiger partial charge is 0.225 e. The second-order valence-corrected chi connectivity index (χ2v) is 7.95. The molecule has 0 bridgehead atoms. The van der Waals surface area contributed by atoms with E-state index in [1.165, 1.54) is 38.6 Å². The number of nitrogens with zero attached hydrogens (tertiary/aromatic N) is 2. The largest absolute Gasteiger partial charge is 0.375 e. The van der Waals surface area contributed by atoms with Crippen LogP contribution in [0.25, 0.3) is 0 Å². The number of hydrogen-bond donors (Lipinski definition) is 0. The molecular weight excluding hydrogens is 276 g/mol. The lowest BCUT2D eigenvalue weighted by Crippen LogP contribution is -2.37. The van der Waals surface area contributed by atoms with E-state index >= 15 is 0 Å². The number of ether oxygens (including phenoxy) is 1. The van der Waals surface area contributed by atoms with Crippen molar-refractivity contribution < 1.29 is 9.53 Å². The van der Waals surface area contributed by atoms with Crippen molar-refractivity contribution in [2.24, 2.45) is 17.8 Å². The van der Waals surface area contributed by atoms with Crippen molar-refractivity contribution in [2.75, 3.05) is 39.3 Å². The zero-order chi connectivity index (χ0) is 14.9. The second-order valence-electron chi connectivity index (χ2n) is 7.95. The van der Waals surface area contributed by atoms with Crippen molar-refractivity contribution >= 4 is 5.91 Å². The normalized spacial score (nSPS) is 34.5. The maximum Gasteiger partial charge on any atom is 0.225 e. The van der Waals surface area contributed by atoms with Crippen LogP contribution in [0.2, 0.25) is 0 Å². The highest BCUT2D eigenvalue weighted by Crippen LogP contribution is 2.33. The summed E-state index contributed by atoms with van der Waals surface area (Å²) in [5.74, 6) is 2.20. The van der Waals surface area contributed by atoms with Crippen LogP contribution in [0.4, 0.5) is 0 Å². The van der Waals surface area contributed by atoms with E-state index in [1.807, 2.05) is 0 Å². The minimum atomic E-state index is 0.289. The molecule has 2 aliphatic carbocycles. The van der Waals surface area contributed by atoms with Gasteiger partial charge in [-0.1, -0.05) is 19.3 Å². The summed E-state index contributed by atoms with van der Waals surface area (Å²) < 4.78 is 6.09. The van der Waals surface area contributed by atoms with E-state index in [1.54, 1.807) is 0 Å². The molecule has 2 saturated heterocycles. The molecule has 0 aromatic rings. The predicted molar refractivity (Wildman–Crippen MR) is 85.5 cm³/mol. The first-order valence-corrected chi connectivity index (χ1v) is 9.42. The van der Waals surface area contributed by atoms with Crippen LogP contribution in [0.3, 0.4) is 0 Å². The van der Waals surface area contributed by atoms with Gasteiger partial charge in [0, 0.05) is 44.6 Å². The molecule has 0 aromatic heterocycles. The van der Waals surface area contributed by atoms with Crippen molar-refractivity contribution in [1.29, 1.82) is 0 Å². The minimum Gasteiger partial charge on any atom is -0.375 e. The van der Waals surface area contributed by atoms with Crippen LogP contribution in [0, 0.1) is 17.8 Å². The molecule has 4 fully saturated rings. The van der Waals surface area contributed by atoms with Crippen LogP contribution < -0.4 is 0 Å². The Morgan fingerprint density at radius 1 is 1.00 bits per heavy atom. The van der Waals surface area contributed by atoms with Gasteiger partial charge in [-0.15, -0.1) is 0 Å². The highest BCUT2D eigenvalue weighted by molar-refractivity contribution is 5.79. The molecule has 4 nitrogen and oxygen atoms in total. The number of rotatable bonds is 3. The highest BCUT2D eigenvalue weighted by atomic mass is 16.5. The molecule has 0 aromatic carbocycles. The molecule has 124 valence electrons. The number of fused-ring (bicyclic) bond motifs is 1. The van der Waals surface area contributed by atoms with E-state index in [0.29, 0.717) is 17.7 Å². The van der Waals surface area contributed by atoms with Crippen LogP contribution in [-0.4, -0.2) is 61.1 Å². The SMILES string of the molecule is O=C(C1CCCCC1)N1C[C@@H]2CN(CC3CC3)CCO[C@@H]2C1. The molecule has 4 rings (SSSR count). The Labute approximate surface area is 134 Å². The quantitative estimate of drug-likeness (QED) is 0.801. The Balaban J connectivity index is 1.34. The average Bonchev–Trinajstić information content (AvgIpc) is 3.31. The highest BCUT2D eigenvalue weighted by Gasteiger charge is 2.40. The van der Waals surface area contributed by atoms with Gasteiger partial charge in [-0.25, -0.2) is 0 Å². The van der Waals surface area contributed by atoms with Crippen molar-refractivity contribution in [3.05, 3.63) is 0 Å². The van der Waals surface area contributed by atoms with E-state index in [4.69, 9.17) is 4.74 Å². The van der Waals surface area contributed by atoms with Gasteiger partial charge in [-0.05, 0) is 31.6 Å². The first kappa shape index (κ1) is 14.9. The monoisotopic (exact) mass is 306 g/mol. The summed E-state index contributed by atoms with van der Waals surface area (Å²) in [4.78, 5) is 17.5. The van der Waals surface area contributed by atoms with Crippen molar-refractivity contribution in [2.45, 2.75) is 51.0 Å². The van der Waals surface area contributed by atoms with E-state index in [-0.39, 0.29) is 6.10 Å². The molecule has 0 spiro atoms. The predicted octanol–water partition coefficient (Wildman–Crippen LogP) is 2.14. The average molecular weight is 306 g/mol. The number of likely N-dealkylation sites (tertiary alicyclic amines) is 1. The number of carbonyl (C=O) groups excluding carboxylic acids is 1. The second kappa shape index (κ2) is 6.48. The Morgan fingerprint density at radius 3 is 2.59 bits per heavy atom. The third kappa shape index (κ3) is 3.33. The van der Waals surface area contributed by atoms with Crippen LogP contribution in [-0.2, 0) is 9.53 Å². The molecule has 1 amide bonds. The number of hydrogen-bond acceptors (Lipinski definition) is 3. The van der Waals surface area contributed by atoms with E-state index in [0.717, 1.165) is 51.5 Å². The topological polar surface area (TPSA) is 32.8 Å². The summed E-state index contributed by atoms with van der Waals surface area (Å²) in [6.45, 7) is 6.09. The van der Waals surface area contributed by atoms with Gasteiger partial charge in [0.05, 0.1) is 12.7 Å². The Hall–Kier alpha value is -0.610. The first-order chi connectivity index (χ1) is 10.8. The fourth-order valence-electron chi connectivity index (χ4n) is 4.58. The fraction of sp³-hybridized carbons (Fsp3) is 0.944. The zero-order valence-corrected chi connectivity index (χ0v) is 13.7. The lowest BCUT2D eigenvalue weighted by molar-refractivity contribution is -0.136. The molecule has 0 unspecified atom stereocenters. The Kier molecular flexibility index (Phi) is 4.40. The molecule has 2 atom stereocenters. The number of amides is 1. The zero-order valence-electron chi connectivity index (χ0n) is 13.7. The molecule has 4 aliphatic rings. The van der Waals surface area contributed by atoms with Gasteiger partial charge < -0.3 is 14.5 Å². The minimum absolute atomic E-state index is 0.289. The van der Waals surface area contributed by atoms with Crippen LogP contribution >= 0.6 is 0 Å². The van der Waals surface area contributed by atoms with Gasteiger partial charge in [-0.3, -0.25) is 4.79 Å². The summed E-state index contributed by atoms with van der Waals surface area (Å²) in [6.07, 6.45) is 9.13. The maximum absolute atomic E-state index is 12.8. The van der Waals surface area contributed by atoms with Gasteiger partial charge >= 0.3 is 0 Å². The van der Waals surface area contributed by atoms with Gasteiger partial charge in [-0.2, -0.15) is 0 Å². The molecule has 2 saturated carbocycles. The van der Waals surface area contributed by atoms with Crippen LogP contribution in [0.15, 0.2) is 0 Å². The number of carbonyl (C=O) groups is 1. The van der Waals surface area contributed by atoms with Crippen molar-refractivity contribution in [1.82, 2.24) is 9.80 Å². The summed E-state index contributed by atoms with van der Waals surface area (Å²) >= 11 is 0. The van der Waals surface area contributed by atoms with E-state index in [2.05, 4.69) is 9.80 Å². The molecule has 2 heterocycles. The summed E-state index contributed by atoms with van der Waals surface area (Å²) in [5, 5.41) is 0. The third-order valence-corrected chi connectivity index (χ3v) is 6.09. The molecule has 0 N–H and O–H groups in total. The molecule has 4 heteroatoms. The lowest BCUT2D eigenvalue weighted by Gasteiger charge is -2.27. The summed E-state index contributed by atoms with van der Waals surface area (Å²) in [7, 11) is 0. The Bertz CT molecular complexity index is 404. The third-order valence-electron chi connectivity index (χ3n) is 6.09. The molecule has 22 heavy (non-hydrogen) atoms.